The van der Waals surface area contributed by atoms with Gasteiger partial charge < -0.3 is 10.1 Å². The van der Waals surface area contributed by atoms with E-state index >= 15 is 0 Å². The highest BCUT2D eigenvalue weighted by Crippen LogP contribution is 2.22. The molecule has 2 atom stereocenters. The number of nitrogens with one attached hydrogen (secondary N) is 1. The average Bonchev–Trinajstić information content (AvgIpc) is 2.90. The van der Waals surface area contributed by atoms with Gasteiger partial charge in [-0.15, -0.1) is 11.3 Å². The molecule has 2 rings (SSSR count). The molecule has 0 radical (unpaired) electrons. The molecule has 0 saturated heterocycles. The first-order valence-corrected chi connectivity index (χ1v) is 7.60. The molecule has 0 bridgehead atoms. The lowest BCUT2D eigenvalue weighted by atomic mass is 10.1. The largest absolute Gasteiger partial charge is 0.497 e. The number of benzene rings is 1. The molecule has 0 spiro atoms. The zero-order valence-corrected chi connectivity index (χ0v) is 12.8. The molecule has 0 aliphatic carbocycles. The van der Waals surface area contributed by atoms with Crippen LogP contribution >= 0.6 is 11.3 Å². The number of ether oxygens (including phenoxy) is 1. The number of thiophene rings is 1. The summed E-state index contributed by atoms with van der Waals surface area (Å²) in [5, 5.41) is 5.52. The minimum Gasteiger partial charge on any atom is -0.497 e. The summed E-state index contributed by atoms with van der Waals surface area (Å²) in [4.78, 5) is 1.34. The smallest absolute Gasteiger partial charge is 0.131 e. The molecular formula is C16H20FNOS. The van der Waals surface area contributed by atoms with Crippen LogP contribution in [0.15, 0.2) is 35.7 Å². The molecule has 0 amide bonds. The lowest BCUT2D eigenvalue weighted by Crippen LogP contribution is -2.30. The maximum absolute atomic E-state index is 14.0. The number of methoxy groups -OCH3 is 1. The van der Waals surface area contributed by atoms with Gasteiger partial charge in [-0.05, 0) is 37.8 Å². The van der Waals surface area contributed by atoms with Crippen LogP contribution in [0.25, 0.3) is 0 Å². The quantitative estimate of drug-likeness (QED) is 0.862. The Morgan fingerprint density at radius 3 is 2.70 bits per heavy atom. The first-order chi connectivity index (χ1) is 9.60. The van der Waals surface area contributed by atoms with Crippen LogP contribution in [0, 0.1) is 5.82 Å². The minimum atomic E-state index is -0.229. The van der Waals surface area contributed by atoms with Gasteiger partial charge in [0.1, 0.15) is 11.6 Å². The second kappa shape index (κ2) is 6.86. The van der Waals surface area contributed by atoms with Crippen LogP contribution in [0.5, 0.6) is 5.75 Å². The molecular weight excluding hydrogens is 273 g/mol. The van der Waals surface area contributed by atoms with E-state index in [0.717, 1.165) is 6.42 Å². The summed E-state index contributed by atoms with van der Waals surface area (Å²) in [6.07, 6.45) is 0.958. The fourth-order valence-corrected chi connectivity index (χ4v) is 3.13. The SMILES string of the molecule is COc1ccc(C(C)NC(C)Cc2cccs2)c(F)c1. The van der Waals surface area contributed by atoms with E-state index in [9.17, 15) is 4.39 Å². The van der Waals surface area contributed by atoms with Gasteiger partial charge in [-0.25, -0.2) is 4.39 Å². The van der Waals surface area contributed by atoms with Crippen molar-refractivity contribution in [2.24, 2.45) is 0 Å². The van der Waals surface area contributed by atoms with Gasteiger partial charge in [-0.2, -0.15) is 0 Å². The lowest BCUT2D eigenvalue weighted by Gasteiger charge is -2.20. The first-order valence-electron chi connectivity index (χ1n) is 6.72. The van der Waals surface area contributed by atoms with Gasteiger partial charge in [0.15, 0.2) is 0 Å². The zero-order chi connectivity index (χ0) is 14.5. The molecule has 2 aromatic rings. The summed E-state index contributed by atoms with van der Waals surface area (Å²) >= 11 is 1.75. The molecule has 0 aliphatic rings. The van der Waals surface area contributed by atoms with Gasteiger partial charge in [-0.1, -0.05) is 12.1 Å². The van der Waals surface area contributed by atoms with Gasteiger partial charge >= 0.3 is 0 Å². The number of hydrogen-bond donors (Lipinski definition) is 1. The number of rotatable bonds is 6. The zero-order valence-electron chi connectivity index (χ0n) is 12.0. The summed E-state index contributed by atoms with van der Waals surface area (Å²) in [7, 11) is 1.54. The Balaban J connectivity index is 1.98. The summed E-state index contributed by atoms with van der Waals surface area (Å²) in [5.41, 5.74) is 0.670. The molecule has 0 fully saturated rings. The Morgan fingerprint density at radius 2 is 2.10 bits per heavy atom. The highest BCUT2D eigenvalue weighted by Gasteiger charge is 2.14. The second-order valence-electron chi connectivity index (χ2n) is 4.96. The molecule has 0 aliphatic heterocycles. The van der Waals surface area contributed by atoms with E-state index in [1.807, 2.05) is 6.92 Å². The molecule has 4 heteroatoms. The second-order valence-corrected chi connectivity index (χ2v) is 5.99. The molecule has 1 N–H and O–H groups in total. The third kappa shape index (κ3) is 3.81. The summed E-state index contributed by atoms with van der Waals surface area (Å²) in [5.74, 6) is 0.317. The van der Waals surface area contributed by atoms with E-state index in [1.165, 1.54) is 10.9 Å². The van der Waals surface area contributed by atoms with Crippen molar-refractivity contribution in [3.8, 4) is 5.75 Å². The van der Waals surface area contributed by atoms with E-state index < -0.39 is 0 Å². The summed E-state index contributed by atoms with van der Waals surface area (Å²) < 4.78 is 19.0. The molecule has 108 valence electrons. The van der Waals surface area contributed by atoms with E-state index in [4.69, 9.17) is 4.74 Å². The van der Waals surface area contributed by atoms with Crippen LogP contribution in [0.2, 0.25) is 0 Å². The normalized spacial score (nSPS) is 14.0. The van der Waals surface area contributed by atoms with Gasteiger partial charge in [0.25, 0.3) is 0 Å². The van der Waals surface area contributed by atoms with E-state index in [-0.39, 0.29) is 11.9 Å². The Labute approximate surface area is 123 Å². The molecule has 2 unspecified atom stereocenters. The predicted molar refractivity (Wildman–Crippen MR) is 82.0 cm³/mol. The van der Waals surface area contributed by atoms with Gasteiger partial charge in [0.05, 0.1) is 7.11 Å². The fraction of sp³-hybridized carbons (Fsp3) is 0.375. The third-order valence-corrected chi connectivity index (χ3v) is 4.19. The monoisotopic (exact) mass is 293 g/mol. The Hall–Kier alpha value is -1.39. The molecule has 1 aromatic carbocycles. The van der Waals surface area contributed by atoms with Crippen LogP contribution in [0.1, 0.15) is 30.3 Å². The maximum atomic E-state index is 14.0. The number of halogens is 1. The Kier molecular flexibility index (Phi) is 5.15. The van der Waals surface area contributed by atoms with Crippen LogP contribution in [0.3, 0.4) is 0 Å². The molecule has 1 aromatic heterocycles. The van der Waals surface area contributed by atoms with E-state index in [1.54, 1.807) is 30.6 Å². The number of hydrogen-bond acceptors (Lipinski definition) is 3. The first kappa shape index (κ1) is 15.0. The molecule has 20 heavy (non-hydrogen) atoms. The van der Waals surface area contributed by atoms with E-state index in [0.29, 0.717) is 17.4 Å². The predicted octanol–water partition coefficient (Wildman–Crippen LogP) is 4.18. The lowest BCUT2D eigenvalue weighted by molar-refractivity contribution is 0.408. The minimum absolute atomic E-state index is 0.0316. The maximum Gasteiger partial charge on any atom is 0.131 e. The highest BCUT2D eigenvalue weighted by atomic mass is 32.1. The van der Waals surface area contributed by atoms with Crippen LogP contribution in [-0.4, -0.2) is 13.2 Å². The molecule has 2 nitrogen and oxygen atoms in total. The van der Waals surface area contributed by atoms with Gasteiger partial charge in [0.2, 0.25) is 0 Å². The Morgan fingerprint density at radius 1 is 1.30 bits per heavy atom. The summed E-state index contributed by atoms with van der Waals surface area (Å²) in [6, 6.07) is 9.45. The van der Waals surface area contributed by atoms with Crippen LogP contribution in [-0.2, 0) is 6.42 Å². The van der Waals surface area contributed by atoms with Crippen molar-refractivity contribution in [1.82, 2.24) is 5.32 Å². The van der Waals surface area contributed by atoms with Crippen LogP contribution < -0.4 is 10.1 Å². The summed E-state index contributed by atoms with van der Waals surface area (Å²) in [6.45, 7) is 4.10. The third-order valence-electron chi connectivity index (χ3n) is 3.30. The standard InChI is InChI=1S/C16H20FNOS/c1-11(9-14-5-4-8-20-14)18-12(2)15-7-6-13(19-3)10-16(15)17/h4-8,10-12,18H,9H2,1-3H3. The van der Waals surface area contributed by atoms with Gasteiger partial charge in [0, 0.05) is 28.6 Å². The Bertz CT molecular complexity index is 541. The van der Waals surface area contributed by atoms with Crippen molar-refractivity contribution in [3.05, 3.63) is 52.0 Å². The average molecular weight is 293 g/mol. The van der Waals surface area contributed by atoms with Crippen molar-refractivity contribution in [2.45, 2.75) is 32.4 Å². The van der Waals surface area contributed by atoms with E-state index in [2.05, 4.69) is 29.8 Å². The molecule has 1 heterocycles. The molecule has 0 saturated carbocycles. The van der Waals surface area contributed by atoms with Crippen LogP contribution in [0.4, 0.5) is 4.39 Å². The van der Waals surface area contributed by atoms with Crippen molar-refractivity contribution < 1.29 is 9.13 Å². The van der Waals surface area contributed by atoms with Crippen molar-refractivity contribution in [2.75, 3.05) is 7.11 Å². The topological polar surface area (TPSA) is 21.3 Å². The van der Waals surface area contributed by atoms with Crippen molar-refractivity contribution in [1.29, 1.82) is 0 Å². The van der Waals surface area contributed by atoms with Crippen molar-refractivity contribution in [3.63, 3.8) is 0 Å². The van der Waals surface area contributed by atoms with Gasteiger partial charge in [-0.3, -0.25) is 0 Å². The van der Waals surface area contributed by atoms with Crippen molar-refractivity contribution >= 4 is 11.3 Å². The fourth-order valence-electron chi connectivity index (χ4n) is 2.29. The highest BCUT2D eigenvalue weighted by molar-refractivity contribution is 7.09.